The third kappa shape index (κ3) is 45.3. The highest BCUT2D eigenvalue weighted by Gasteiger charge is 2.24. The van der Waals surface area contributed by atoms with E-state index in [9.17, 15) is 19.4 Å². The number of carbonyl (C=O) groups is 1. The van der Waals surface area contributed by atoms with E-state index in [0.717, 1.165) is 38.5 Å². The van der Waals surface area contributed by atoms with E-state index < -0.39 is 20.0 Å². The van der Waals surface area contributed by atoms with Crippen molar-refractivity contribution in [3.63, 3.8) is 0 Å². The smallest absolute Gasteiger partial charge is 0.268 e. The van der Waals surface area contributed by atoms with Crippen molar-refractivity contribution in [2.24, 2.45) is 0 Å². The molecule has 0 saturated heterocycles. The normalized spacial score (nSPS) is 14.1. The molecule has 0 aromatic heterocycles. The van der Waals surface area contributed by atoms with E-state index in [0.29, 0.717) is 23.9 Å². The van der Waals surface area contributed by atoms with Crippen LogP contribution in [0.15, 0.2) is 0 Å². The summed E-state index contributed by atoms with van der Waals surface area (Å²) in [5.41, 5.74) is 0. The molecule has 0 aliphatic rings. The van der Waals surface area contributed by atoms with Crippen LogP contribution in [0.2, 0.25) is 0 Å². The van der Waals surface area contributed by atoms with E-state index in [4.69, 9.17) is 9.05 Å². The van der Waals surface area contributed by atoms with Gasteiger partial charge in [0.25, 0.3) is 7.82 Å². The number of unbranched alkanes of at least 4 members (excludes halogenated alkanes) is 35. The number of hydrogen-bond donors (Lipinski definition) is 2. The lowest BCUT2D eigenvalue weighted by atomic mass is 10.0. The molecule has 0 saturated carbocycles. The fourth-order valence-electron chi connectivity index (χ4n) is 7.98. The SMILES string of the molecule is CCCCCCCCCCCCCCCCCCCCCCCCCCCCCCCCCCCCC(=O)NC(COP(=O)([O-])OCC[N+](C)(C)C)C(O)CCCCC. The van der Waals surface area contributed by atoms with Crippen molar-refractivity contribution in [3.05, 3.63) is 0 Å². The van der Waals surface area contributed by atoms with Gasteiger partial charge in [-0.25, -0.2) is 0 Å². The maximum atomic E-state index is 12.7. The third-order valence-electron chi connectivity index (χ3n) is 12.1. The van der Waals surface area contributed by atoms with Gasteiger partial charge in [-0.3, -0.25) is 9.36 Å². The number of phosphoric acid groups is 1. The average Bonchev–Trinajstić information content (AvgIpc) is 3.19. The quantitative estimate of drug-likeness (QED) is 0.0358. The van der Waals surface area contributed by atoms with Crippen LogP contribution in [0.4, 0.5) is 0 Å². The number of aliphatic hydroxyl groups excluding tert-OH is 1. The van der Waals surface area contributed by atoms with Crippen LogP contribution in [0.3, 0.4) is 0 Å². The van der Waals surface area contributed by atoms with Crippen LogP contribution >= 0.6 is 7.82 Å². The molecule has 0 aliphatic carbocycles. The second-order valence-corrected chi connectivity index (χ2v) is 20.7. The molecule has 3 unspecified atom stereocenters. The van der Waals surface area contributed by atoms with E-state index >= 15 is 0 Å². The molecule has 1 amide bonds. The molecule has 3 atom stereocenters. The monoisotopic (exact) mass is 859 g/mol. The molecule has 0 heterocycles. The number of nitrogens with one attached hydrogen (secondary N) is 1. The van der Waals surface area contributed by atoms with E-state index in [1.807, 2.05) is 21.1 Å². The van der Waals surface area contributed by atoms with Crippen LogP contribution in [-0.2, 0) is 18.4 Å². The highest BCUT2D eigenvalue weighted by molar-refractivity contribution is 7.45. The minimum atomic E-state index is -4.54. The van der Waals surface area contributed by atoms with Gasteiger partial charge in [-0.2, -0.15) is 0 Å². The zero-order valence-electron chi connectivity index (χ0n) is 40.2. The molecule has 0 aromatic carbocycles. The topological polar surface area (TPSA) is 108 Å². The summed E-state index contributed by atoms with van der Waals surface area (Å²) in [6.07, 6.45) is 49.7. The Morgan fingerprint density at radius 2 is 0.831 bits per heavy atom. The minimum Gasteiger partial charge on any atom is -0.756 e. The second kappa shape index (κ2) is 42.8. The van der Waals surface area contributed by atoms with Gasteiger partial charge in [0, 0.05) is 6.42 Å². The summed E-state index contributed by atoms with van der Waals surface area (Å²) < 4.78 is 23.0. The number of phosphoric ester groups is 1. The largest absolute Gasteiger partial charge is 0.756 e. The van der Waals surface area contributed by atoms with Crippen molar-refractivity contribution in [2.75, 3.05) is 40.9 Å². The summed E-state index contributed by atoms with van der Waals surface area (Å²) >= 11 is 0. The predicted octanol–water partition coefficient (Wildman–Crippen LogP) is 14.3. The molecule has 0 bridgehead atoms. The zero-order chi connectivity index (χ0) is 43.6. The second-order valence-electron chi connectivity index (χ2n) is 19.2. The fourth-order valence-corrected chi connectivity index (χ4v) is 8.71. The number of quaternary nitrogens is 1. The van der Waals surface area contributed by atoms with Gasteiger partial charge in [-0.05, 0) is 12.8 Å². The molecule has 2 N–H and O–H groups in total. The third-order valence-corrected chi connectivity index (χ3v) is 13.1. The Kier molecular flexibility index (Phi) is 42.4. The highest BCUT2D eigenvalue weighted by Crippen LogP contribution is 2.38. The Morgan fingerprint density at radius 1 is 0.525 bits per heavy atom. The van der Waals surface area contributed by atoms with Gasteiger partial charge in [0.15, 0.2) is 0 Å². The van der Waals surface area contributed by atoms with Crippen LogP contribution < -0.4 is 10.2 Å². The van der Waals surface area contributed by atoms with Crippen LogP contribution in [0.5, 0.6) is 0 Å². The maximum Gasteiger partial charge on any atom is 0.268 e. The maximum absolute atomic E-state index is 12.7. The summed E-state index contributed by atoms with van der Waals surface area (Å²) in [4.78, 5) is 25.0. The molecule has 0 spiro atoms. The Labute approximate surface area is 368 Å². The molecule has 0 rings (SSSR count). The van der Waals surface area contributed by atoms with E-state index in [-0.39, 0.29) is 19.1 Å². The van der Waals surface area contributed by atoms with Gasteiger partial charge >= 0.3 is 0 Å². The molecule has 8 nitrogen and oxygen atoms in total. The first kappa shape index (κ1) is 58.5. The molecule has 0 aromatic rings. The molecular weight excluding hydrogens is 756 g/mol. The van der Waals surface area contributed by atoms with Crippen molar-refractivity contribution < 1.29 is 32.9 Å². The lowest BCUT2D eigenvalue weighted by Crippen LogP contribution is -2.46. The summed E-state index contributed by atoms with van der Waals surface area (Å²) in [5, 5.41) is 13.6. The minimum absolute atomic E-state index is 0.0140. The molecule has 0 aliphatic heterocycles. The predicted molar refractivity (Wildman–Crippen MR) is 252 cm³/mol. The van der Waals surface area contributed by atoms with Crippen molar-refractivity contribution in [1.82, 2.24) is 5.32 Å². The van der Waals surface area contributed by atoms with Gasteiger partial charge in [0.05, 0.1) is 39.9 Å². The van der Waals surface area contributed by atoms with Gasteiger partial charge in [-0.1, -0.05) is 245 Å². The van der Waals surface area contributed by atoms with Crippen LogP contribution in [0.25, 0.3) is 0 Å². The van der Waals surface area contributed by atoms with Crippen LogP contribution in [0, 0.1) is 0 Å². The van der Waals surface area contributed by atoms with Gasteiger partial charge in [0.1, 0.15) is 13.2 Å². The standard InChI is InChI=1S/C50H103N2O6P/c1-6-8-10-11-12-13-14-15-16-17-18-19-20-21-22-23-24-25-26-27-28-29-30-31-32-33-34-35-36-37-38-39-40-42-44-50(54)51-48(49(53)43-41-9-7-2)47-58-59(55,56)57-46-45-52(3,4)5/h48-49,53H,6-47H2,1-5H3,(H-,51,54,55,56). The zero-order valence-corrected chi connectivity index (χ0v) is 41.1. The molecular formula is C50H103N2O6P. The van der Waals surface area contributed by atoms with E-state index in [1.165, 1.54) is 199 Å². The summed E-state index contributed by atoms with van der Waals surface area (Å²) in [6.45, 7) is 4.58. The Bertz CT molecular complexity index is 932. The van der Waals surface area contributed by atoms with Gasteiger partial charge < -0.3 is 28.8 Å². The number of amides is 1. The Hall–Kier alpha value is -0.500. The van der Waals surface area contributed by atoms with Crippen LogP contribution in [-0.4, -0.2) is 68.5 Å². The number of hydrogen-bond acceptors (Lipinski definition) is 6. The highest BCUT2D eigenvalue weighted by atomic mass is 31.2. The van der Waals surface area contributed by atoms with E-state index in [1.54, 1.807) is 0 Å². The number of carbonyl (C=O) groups excluding carboxylic acids is 1. The summed E-state index contributed by atoms with van der Waals surface area (Å²) in [7, 11) is 1.31. The van der Waals surface area contributed by atoms with E-state index in [2.05, 4.69) is 19.2 Å². The molecule has 9 heteroatoms. The average molecular weight is 859 g/mol. The van der Waals surface area contributed by atoms with Crippen molar-refractivity contribution in [2.45, 2.75) is 276 Å². The van der Waals surface area contributed by atoms with Gasteiger partial charge in [0.2, 0.25) is 5.91 Å². The fraction of sp³-hybridized carbons (Fsp3) is 0.980. The van der Waals surface area contributed by atoms with Crippen molar-refractivity contribution >= 4 is 13.7 Å². The first-order chi connectivity index (χ1) is 28.5. The summed E-state index contributed by atoms with van der Waals surface area (Å²) in [5.74, 6) is -0.171. The van der Waals surface area contributed by atoms with Crippen molar-refractivity contribution in [3.8, 4) is 0 Å². The van der Waals surface area contributed by atoms with Crippen LogP contribution in [0.1, 0.15) is 264 Å². The number of likely N-dealkylation sites (N-methyl/N-ethyl adjacent to an activating group) is 1. The van der Waals surface area contributed by atoms with Crippen molar-refractivity contribution in [1.29, 1.82) is 0 Å². The molecule has 0 fully saturated rings. The summed E-state index contributed by atoms with van der Waals surface area (Å²) in [6, 6.07) is -0.790. The first-order valence-electron chi connectivity index (χ1n) is 25.9. The number of rotatable bonds is 48. The Morgan fingerprint density at radius 3 is 1.15 bits per heavy atom. The first-order valence-corrected chi connectivity index (χ1v) is 27.3. The van der Waals surface area contributed by atoms with Gasteiger partial charge in [-0.15, -0.1) is 0 Å². The number of nitrogens with zero attached hydrogens (tertiary/aromatic N) is 1. The Balaban J connectivity index is 3.61. The lowest BCUT2D eigenvalue weighted by molar-refractivity contribution is -0.870. The molecule has 354 valence electrons. The molecule has 0 radical (unpaired) electrons. The lowest BCUT2D eigenvalue weighted by Gasteiger charge is -2.30. The molecule has 59 heavy (non-hydrogen) atoms. The number of aliphatic hydroxyl groups is 1.